The van der Waals surface area contributed by atoms with Gasteiger partial charge in [-0.2, -0.15) is 0 Å². The summed E-state index contributed by atoms with van der Waals surface area (Å²) in [7, 11) is 1.58. The number of amides is 1. The van der Waals surface area contributed by atoms with Crippen molar-refractivity contribution in [3.8, 4) is 16.9 Å². The molecule has 1 amide bonds. The molecule has 40 heavy (non-hydrogen) atoms. The lowest BCUT2D eigenvalue weighted by atomic mass is 10.0. The van der Waals surface area contributed by atoms with Gasteiger partial charge in [-0.3, -0.25) is 9.69 Å². The van der Waals surface area contributed by atoms with Crippen molar-refractivity contribution in [2.75, 3.05) is 31.7 Å². The zero-order valence-electron chi connectivity index (χ0n) is 23.8. The predicted octanol–water partition coefficient (Wildman–Crippen LogP) is 6.41. The molecule has 0 saturated heterocycles. The first kappa shape index (κ1) is 28.2. The molecule has 5 rings (SSSR count). The number of rotatable bonds is 7. The molecule has 0 N–H and O–H groups in total. The number of ether oxygens (including phenoxy) is 2. The number of methoxy groups -OCH3 is 1. The standard InChI is InChI=1S/C33H42N4O3/c1-39-24-33(38)37-18-8-4-2-3-7-17-36(22-26-11-14-31(15-12-26)40-30-9-5-6-10-30)23-28-19-27(13-16-32(28)37)29-20-34-25-35-21-29/h11-16,19-21,25,30H,2-10,17-18,22-24H2,1H3. The summed E-state index contributed by atoms with van der Waals surface area (Å²) in [5.74, 6) is 0.970. The topological polar surface area (TPSA) is 67.8 Å². The smallest absolute Gasteiger partial charge is 0.252 e. The molecule has 3 aromatic rings. The van der Waals surface area contributed by atoms with Gasteiger partial charge in [-0.05, 0) is 86.0 Å². The van der Waals surface area contributed by atoms with E-state index in [1.165, 1.54) is 31.2 Å². The van der Waals surface area contributed by atoms with E-state index in [9.17, 15) is 4.79 Å². The number of nitrogens with zero attached hydrogens (tertiary/aromatic N) is 4. The Labute approximate surface area is 238 Å². The van der Waals surface area contributed by atoms with Gasteiger partial charge >= 0.3 is 0 Å². The van der Waals surface area contributed by atoms with Gasteiger partial charge in [0, 0.05) is 50.4 Å². The predicted molar refractivity (Wildman–Crippen MR) is 158 cm³/mol. The molecule has 0 unspecified atom stereocenters. The lowest BCUT2D eigenvalue weighted by Crippen LogP contribution is -2.36. The molecular formula is C33H42N4O3. The maximum Gasteiger partial charge on any atom is 0.252 e. The van der Waals surface area contributed by atoms with E-state index in [0.717, 1.165) is 79.9 Å². The third-order valence-corrected chi connectivity index (χ3v) is 8.02. The Morgan fingerprint density at radius 3 is 2.35 bits per heavy atom. The minimum Gasteiger partial charge on any atom is -0.490 e. The molecule has 7 nitrogen and oxygen atoms in total. The first-order valence-corrected chi connectivity index (χ1v) is 14.8. The van der Waals surface area contributed by atoms with E-state index in [-0.39, 0.29) is 12.5 Å². The van der Waals surface area contributed by atoms with Crippen molar-refractivity contribution in [1.82, 2.24) is 14.9 Å². The van der Waals surface area contributed by atoms with Crippen LogP contribution >= 0.6 is 0 Å². The minimum absolute atomic E-state index is 0.000931. The average Bonchev–Trinajstić information content (AvgIpc) is 3.49. The highest BCUT2D eigenvalue weighted by molar-refractivity contribution is 5.95. The molecule has 0 radical (unpaired) electrons. The number of hydrogen-bond donors (Lipinski definition) is 0. The molecule has 7 heteroatoms. The number of aromatic nitrogens is 2. The van der Waals surface area contributed by atoms with Crippen LogP contribution in [0.2, 0.25) is 0 Å². The summed E-state index contributed by atoms with van der Waals surface area (Å²) in [5, 5.41) is 0. The molecule has 1 saturated carbocycles. The first-order chi connectivity index (χ1) is 19.7. The summed E-state index contributed by atoms with van der Waals surface area (Å²) in [4.78, 5) is 26.1. The van der Waals surface area contributed by atoms with Gasteiger partial charge in [0.1, 0.15) is 18.7 Å². The maximum atomic E-state index is 13.2. The van der Waals surface area contributed by atoms with Gasteiger partial charge < -0.3 is 14.4 Å². The molecular weight excluding hydrogens is 500 g/mol. The number of hydrogen-bond acceptors (Lipinski definition) is 6. The third-order valence-electron chi connectivity index (χ3n) is 8.02. The first-order valence-electron chi connectivity index (χ1n) is 14.8. The van der Waals surface area contributed by atoms with E-state index in [1.54, 1.807) is 13.4 Å². The maximum absolute atomic E-state index is 13.2. The van der Waals surface area contributed by atoms with Gasteiger partial charge in [-0.25, -0.2) is 9.97 Å². The molecule has 1 aliphatic heterocycles. The number of carbonyl (C=O) groups excluding carboxylic acids is 1. The summed E-state index contributed by atoms with van der Waals surface area (Å²) >= 11 is 0. The quantitative estimate of drug-likeness (QED) is 0.344. The van der Waals surface area contributed by atoms with Crippen molar-refractivity contribution in [2.45, 2.75) is 77.0 Å². The van der Waals surface area contributed by atoms with Gasteiger partial charge in [0.15, 0.2) is 0 Å². The van der Waals surface area contributed by atoms with Crippen molar-refractivity contribution in [1.29, 1.82) is 0 Å². The SMILES string of the molecule is COCC(=O)N1CCCCCCCN(Cc2ccc(OC3CCCC3)cc2)Cc2cc(-c3cncnc3)ccc21. The number of carbonyl (C=O) groups is 1. The summed E-state index contributed by atoms with van der Waals surface area (Å²) < 4.78 is 11.5. The molecule has 1 fully saturated rings. The molecule has 212 valence electrons. The highest BCUT2D eigenvalue weighted by Gasteiger charge is 2.22. The van der Waals surface area contributed by atoms with Crippen molar-refractivity contribution in [2.24, 2.45) is 0 Å². The third kappa shape index (κ3) is 7.67. The molecule has 0 spiro atoms. The van der Waals surface area contributed by atoms with E-state index < -0.39 is 0 Å². The summed E-state index contributed by atoms with van der Waals surface area (Å²) in [6, 6.07) is 15.0. The Kier molecular flexibility index (Phi) is 10.2. The van der Waals surface area contributed by atoms with Gasteiger partial charge in [0.25, 0.3) is 5.91 Å². The molecule has 2 aromatic carbocycles. The monoisotopic (exact) mass is 542 g/mol. The lowest BCUT2D eigenvalue weighted by Gasteiger charge is -2.30. The highest BCUT2D eigenvalue weighted by atomic mass is 16.5. The summed E-state index contributed by atoms with van der Waals surface area (Å²) in [5.41, 5.74) is 5.39. The van der Waals surface area contributed by atoms with Crippen LogP contribution in [0, 0.1) is 0 Å². The normalized spacial score (nSPS) is 17.6. The zero-order valence-corrected chi connectivity index (χ0v) is 23.8. The molecule has 1 aliphatic carbocycles. The molecule has 2 aliphatic rings. The number of fused-ring (bicyclic) bond motifs is 1. The van der Waals surface area contributed by atoms with Crippen LogP contribution in [0.15, 0.2) is 61.2 Å². The van der Waals surface area contributed by atoms with E-state index in [0.29, 0.717) is 12.6 Å². The van der Waals surface area contributed by atoms with Gasteiger partial charge in [-0.1, -0.05) is 37.5 Å². The van der Waals surface area contributed by atoms with Crippen LogP contribution in [0.25, 0.3) is 11.1 Å². The van der Waals surface area contributed by atoms with Gasteiger partial charge in [0.05, 0.1) is 6.10 Å². The molecule has 2 heterocycles. The van der Waals surface area contributed by atoms with Crippen LogP contribution in [0.3, 0.4) is 0 Å². The fourth-order valence-electron chi connectivity index (χ4n) is 5.90. The number of anilines is 1. The van der Waals surface area contributed by atoms with Crippen molar-refractivity contribution in [3.63, 3.8) is 0 Å². The lowest BCUT2D eigenvalue weighted by molar-refractivity contribution is -0.122. The molecule has 1 aromatic heterocycles. The highest BCUT2D eigenvalue weighted by Crippen LogP contribution is 2.30. The van der Waals surface area contributed by atoms with Crippen LogP contribution in [-0.4, -0.2) is 53.7 Å². The summed E-state index contributed by atoms with van der Waals surface area (Å²) in [6.45, 7) is 3.37. The largest absolute Gasteiger partial charge is 0.490 e. The second kappa shape index (κ2) is 14.4. The van der Waals surface area contributed by atoms with Crippen LogP contribution in [0.5, 0.6) is 5.75 Å². The van der Waals surface area contributed by atoms with Crippen LogP contribution in [-0.2, 0) is 22.6 Å². The van der Waals surface area contributed by atoms with Crippen molar-refractivity contribution < 1.29 is 14.3 Å². The Bertz CT molecular complexity index is 1210. The Balaban J connectivity index is 1.42. The average molecular weight is 543 g/mol. The van der Waals surface area contributed by atoms with E-state index >= 15 is 0 Å². The van der Waals surface area contributed by atoms with Crippen molar-refractivity contribution >= 4 is 11.6 Å². The molecule has 0 bridgehead atoms. The fraction of sp³-hybridized carbons (Fsp3) is 0.485. The Hall–Kier alpha value is -3.29. The summed E-state index contributed by atoms with van der Waals surface area (Å²) in [6.07, 6.45) is 16.1. The number of benzene rings is 2. The Morgan fingerprint density at radius 1 is 0.875 bits per heavy atom. The second-order valence-corrected chi connectivity index (χ2v) is 11.1. The van der Waals surface area contributed by atoms with Crippen LogP contribution in [0.4, 0.5) is 5.69 Å². The zero-order chi connectivity index (χ0) is 27.6. The van der Waals surface area contributed by atoms with Crippen LogP contribution in [0.1, 0.15) is 68.9 Å². The van der Waals surface area contributed by atoms with E-state index in [1.807, 2.05) is 17.3 Å². The fourth-order valence-corrected chi connectivity index (χ4v) is 5.90. The van der Waals surface area contributed by atoms with E-state index in [4.69, 9.17) is 9.47 Å². The van der Waals surface area contributed by atoms with Gasteiger partial charge in [0.2, 0.25) is 0 Å². The van der Waals surface area contributed by atoms with Crippen molar-refractivity contribution in [3.05, 3.63) is 72.3 Å². The van der Waals surface area contributed by atoms with E-state index in [2.05, 4.69) is 57.3 Å². The molecule has 0 atom stereocenters. The second-order valence-electron chi connectivity index (χ2n) is 11.1. The van der Waals surface area contributed by atoms with Gasteiger partial charge in [-0.15, -0.1) is 0 Å². The van der Waals surface area contributed by atoms with Crippen LogP contribution < -0.4 is 9.64 Å². The Morgan fingerprint density at radius 2 is 1.60 bits per heavy atom. The minimum atomic E-state index is 0.000931.